The van der Waals surface area contributed by atoms with Gasteiger partial charge in [0.05, 0.1) is 19.2 Å². The molecule has 1 fully saturated rings. The summed E-state index contributed by atoms with van der Waals surface area (Å²) in [7, 11) is 1.52. The molecule has 0 radical (unpaired) electrons. The fourth-order valence-electron chi connectivity index (χ4n) is 4.29. The number of halogens is 1. The van der Waals surface area contributed by atoms with Crippen LogP contribution in [0, 0.1) is 5.92 Å². The van der Waals surface area contributed by atoms with E-state index in [1.165, 1.54) is 11.9 Å². The molecule has 2 rings (SSSR count). The summed E-state index contributed by atoms with van der Waals surface area (Å²) in [6.07, 6.45) is 4.78. The number of ether oxygens (including phenoxy) is 1. The van der Waals surface area contributed by atoms with E-state index in [0.717, 1.165) is 32.1 Å². The van der Waals surface area contributed by atoms with Gasteiger partial charge >= 0.3 is 6.09 Å². The Kier molecular flexibility index (Phi) is 13.8. The Morgan fingerprint density at radius 1 is 1.21 bits per heavy atom. The second kappa shape index (κ2) is 16.8. The third-order valence-corrected chi connectivity index (χ3v) is 6.62. The molecule has 10 nitrogen and oxygen atoms in total. The molecule has 0 aliphatic heterocycles. The number of rotatable bonds is 13. The van der Waals surface area contributed by atoms with Gasteiger partial charge in [-0.25, -0.2) is 4.79 Å². The minimum Gasteiger partial charge on any atom is -0.443 e. The lowest BCUT2D eigenvalue weighted by atomic mass is 9.85. The smallest absolute Gasteiger partial charge is 0.434 e. The summed E-state index contributed by atoms with van der Waals surface area (Å²) in [5.74, 6) is -0.894. The summed E-state index contributed by atoms with van der Waals surface area (Å²) in [5.41, 5.74) is 0.743. The Bertz CT molecular complexity index is 980. The van der Waals surface area contributed by atoms with Crippen molar-refractivity contribution >= 4 is 41.1 Å². The van der Waals surface area contributed by atoms with Gasteiger partial charge in [0, 0.05) is 25.0 Å². The molecule has 38 heavy (non-hydrogen) atoms. The molecule has 0 saturated heterocycles. The average molecular weight is 551 g/mol. The van der Waals surface area contributed by atoms with Gasteiger partial charge in [0.2, 0.25) is 11.8 Å². The highest BCUT2D eigenvalue weighted by Gasteiger charge is 2.24. The standard InChI is InChI=1S/C27H39ClN4O6/c1-3-29-24(34)16-32(2)25(35)13-12-22(17-33)30-26(36)23(15-19-8-5-4-6-9-19)31-27(37)38-18-20-10-7-11-21(28)14-20/h7,10-11,14,19,22,33H,3-6,8-9,12-13,15-18H2,1-2H3,(H,29,34)(H,30,36)/t22-/m0/s1. The Morgan fingerprint density at radius 2 is 1.95 bits per heavy atom. The first-order chi connectivity index (χ1) is 18.2. The molecule has 0 spiro atoms. The molecule has 11 heteroatoms. The van der Waals surface area contributed by atoms with Crippen LogP contribution in [0.25, 0.3) is 0 Å². The number of aliphatic hydroxyl groups is 1. The number of nitrogens with zero attached hydrogens (tertiary/aromatic N) is 2. The van der Waals surface area contributed by atoms with Crippen molar-refractivity contribution in [1.29, 1.82) is 0 Å². The van der Waals surface area contributed by atoms with E-state index in [9.17, 15) is 24.3 Å². The number of amides is 4. The second-order valence-corrected chi connectivity index (χ2v) is 9.98. The van der Waals surface area contributed by atoms with Gasteiger partial charge in [-0.1, -0.05) is 55.8 Å². The van der Waals surface area contributed by atoms with Crippen molar-refractivity contribution in [3.8, 4) is 0 Å². The van der Waals surface area contributed by atoms with Gasteiger partial charge in [-0.2, -0.15) is 4.99 Å². The fraction of sp³-hybridized carbons (Fsp3) is 0.593. The van der Waals surface area contributed by atoms with Crippen LogP contribution < -0.4 is 10.6 Å². The Morgan fingerprint density at radius 3 is 2.61 bits per heavy atom. The van der Waals surface area contributed by atoms with Crippen LogP contribution in [0.4, 0.5) is 4.79 Å². The molecule has 1 aromatic carbocycles. The van der Waals surface area contributed by atoms with Crippen molar-refractivity contribution < 1.29 is 29.0 Å². The lowest BCUT2D eigenvalue weighted by Crippen LogP contribution is -2.43. The molecule has 0 aromatic heterocycles. The van der Waals surface area contributed by atoms with Crippen LogP contribution >= 0.6 is 11.6 Å². The summed E-state index contributed by atoms with van der Waals surface area (Å²) >= 11 is 5.97. The maximum absolute atomic E-state index is 13.1. The molecule has 1 aliphatic carbocycles. The van der Waals surface area contributed by atoms with E-state index in [0.29, 0.717) is 23.6 Å². The lowest BCUT2D eigenvalue weighted by molar-refractivity contribution is -0.135. The SMILES string of the molecule is CCNC(=O)CN(C)C(=O)CC[C@@H](CO)NC(=O)C(CC1CCCCC1)=NC(=O)OCc1cccc(Cl)c1. The van der Waals surface area contributed by atoms with Gasteiger partial charge in [0.1, 0.15) is 12.3 Å². The zero-order valence-electron chi connectivity index (χ0n) is 22.2. The molecular formula is C27H39ClN4O6. The van der Waals surface area contributed by atoms with Crippen molar-refractivity contribution in [3.63, 3.8) is 0 Å². The van der Waals surface area contributed by atoms with E-state index >= 15 is 0 Å². The number of nitrogens with one attached hydrogen (secondary N) is 2. The highest BCUT2D eigenvalue weighted by atomic mass is 35.5. The van der Waals surface area contributed by atoms with Gasteiger partial charge in [-0.05, 0) is 43.4 Å². The monoisotopic (exact) mass is 550 g/mol. The second-order valence-electron chi connectivity index (χ2n) is 9.55. The topological polar surface area (TPSA) is 137 Å². The zero-order valence-corrected chi connectivity index (χ0v) is 23.0. The lowest BCUT2D eigenvalue weighted by Gasteiger charge is -2.23. The first-order valence-electron chi connectivity index (χ1n) is 13.1. The number of hydrogen-bond acceptors (Lipinski definition) is 6. The van der Waals surface area contributed by atoms with Gasteiger partial charge in [0.15, 0.2) is 0 Å². The fourth-order valence-corrected chi connectivity index (χ4v) is 4.50. The van der Waals surface area contributed by atoms with Crippen molar-refractivity contribution in [2.24, 2.45) is 10.9 Å². The number of likely N-dealkylation sites (N-methyl/N-ethyl adjacent to an activating group) is 2. The summed E-state index contributed by atoms with van der Waals surface area (Å²) in [5, 5.41) is 15.7. The van der Waals surface area contributed by atoms with E-state index < -0.39 is 24.6 Å². The van der Waals surface area contributed by atoms with Gasteiger partial charge in [-0.3, -0.25) is 14.4 Å². The first kappa shape index (κ1) is 31.2. The average Bonchev–Trinajstić information content (AvgIpc) is 2.89. The molecule has 1 aromatic rings. The number of carbonyl (C=O) groups excluding carboxylic acids is 4. The highest BCUT2D eigenvalue weighted by Crippen LogP contribution is 2.27. The van der Waals surface area contributed by atoms with Crippen molar-refractivity contribution in [1.82, 2.24) is 15.5 Å². The largest absolute Gasteiger partial charge is 0.443 e. The van der Waals surface area contributed by atoms with Crippen LogP contribution in [0.1, 0.15) is 63.9 Å². The van der Waals surface area contributed by atoms with Crippen molar-refractivity contribution in [2.45, 2.75) is 70.9 Å². The summed E-state index contributed by atoms with van der Waals surface area (Å²) in [4.78, 5) is 55.0. The van der Waals surface area contributed by atoms with Gasteiger partial charge in [0.25, 0.3) is 5.91 Å². The third-order valence-electron chi connectivity index (χ3n) is 6.39. The summed E-state index contributed by atoms with van der Waals surface area (Å²) < 4.78 is 5.24. The molecule has 0 unspecified atom stereocenters. The number of hydrogen-bond donors (Lipinski definition) is 3. The zero-order chi connectivity index (χ0) is 27.9. The van der Waals surface area contributed by atoms with E-state index in [1.807, 2.05) is 0 Å². The van der Waals surface area contributed by atoms with E-state index in [4.69, 9.17) is 16.3 Å². The molecule has 1 saturated carbocycles. The first-order valence-corrected chi connectivity index (χ1v) is 13.5. The Labute approximate surface area is 229 Å². The van der Waals surface area contributed by atoms with Crippen LogP contribution in [0.2, 0.25) is 5.02 Å². The normalized spacial score (nSPS) is 14.9. The quantitative estimate of drug-likeness (QED) is 0.322. The number of carbonyl (C=O) groups is 4. The minimum absolute atomic E-state index is 0.0260. The molecule has 3 N–H and O–H groups in total. The predicted molar refractivity (Wildman–Crippen MR) is 145 cm³/mol. The van der Waals surface area contributed by atoms with Crippen LogP contribution in [0.5, 0.6) is 0 Å². The number of aliphatic hydroxyl groups excluding tert-OH is 1. The maximum atomic E-state index is 13.1. The summed E-state index contributed by atoms with van der Waals surface area (Å²) in [6, 6.07) is 6.18. The molecule has 1 atom stereocenters. The number of aliphatic imine (C=N–C) groups is 1. The Balaban J connectivity index is 2.00. The van der Waals surface area contributed by atoms with Crippen LogP contribution in [-0.2, 0) is 25.7 Å². The molecule has 4 amide bonds. The Hall–Kier alpha value is -2.98. The van der Waals surface area contributed by atoms with E-state index in [-0.39, 0.29) is 49.4 Å². The predicted octanol–water partition coefficient (Wildman–Crippen LogP) is 3.24. The van der Waals surface area contributed by atoms with Crippen LogP contribution in [0.15, 0.2) is 29.3 Å². The summed E-state index contributed by atoms with van der Waals surface area (Å²) in [6.45, 7) is 1.76. The van der Waals surface area contributed by atoms with Crippen LogP contribution in [-0.4, -0.2) is 72.3 Å². The van der Waals surface area contributed by atoms with E-state index in [2.05, 4.69) is 15.6 Å². The molecule has 0 bridgehead atoms. The van der Waals surface area contributed by atoms with Crippen molar-refractivity contribution in [2.75, 3.05) is 26.7 Å². The number of benzene rings is 1. The van der Waals surface area contributed by atoms with Gasteiger partial charge in [-0.15, -0.1) is 0 Å². The maximum Gasteiger partial charge on any atom is 0.434 e. The van der Waals surface area contributed by atoms with E-state index in [1.54, 1.807) is 31.2 Å². The molecule has 0 heterocycles. The third kappa shape index (κ3) is 11.6. The molecule has 1 aliphatic rings. The van der Waals surface area contributed by atoms with Gasteiger partial charge < -0.3 is 25.4 Å². The molecule has 210 valence electrons. The highest BCUT2D eigenvalue weighted by molar-refractivity contribution is 6.40. The van der Waals surface area contributed by atoms with Crippen molar-refractivity contribution in [3.05, 3.63) is 34.9 Å². The molecular weight excluding hydrogens is 512 g/mol. The minimum atomic E-state index is -0.881. The van der Waals surface area contributed by atoms with Crippen LogP contribution in [0.3, 0.4) is 0 Å².